The average molecular weight is 316 g/mol. The molecule has 1 aromatic rings. The first-order chi connectivity index (χ1) is 10.1. The summed E-state index contributed by atoms with van der Waals surface area (Å²) >= 11 is 1.31. The van der Waals surface area contributed by atoms with Gasteiger partial charge in [-0.1, -0.05) is 11.3 Å². The van der Waals surface area contributed by atoms with E-state index in [9.17, 15) is 4.79 Å². The Labute approximate surface area is 129 Å². The maximum atomic E-state index is 12.0. The molecular weight excluding hydrogens is 292 g/mol. The van der Waals surface area contributed by atoms with Gasteiger partial charge in [0.25, 0.3) is 5.91 Å². The highest BCUT2D eigenvalue weighted by atomic mass is 32.1. The smallest absolute Gasteiger partial charge is 0.265 e. The fourth-order valence-corrected chi connectivity index (χ4v) is 2.76. The average Bonchev–Trinajstić information content (AvgIpc) is 2.86. The van der Waals surface area contributed by atoms with Crippen molar-refractivity contribution < 1.29 is 14.6 Å². The SMILES string of the molecule is CCN(CC)c1nc(N)c(C(=O)NCCCOCCO)s1. The van der Waals surface area contributed by atoms with E-state index in [4.69, 9.17) is 15.6 Å². The van der Waals surface area contributed by atoms with E-state index in [1.807, 2.05) is 13.8 Å². The lowest BCUT2D eigenvalue weighted by atomic mass is 10.4. The highest BCUT2D eigenvalue weighted by Gasteiger charge is 2.18. The van der Waals surface area contributed by atoms with E-state index in [1.165, 1.54) is 11.3 Å². The molecule has 8 heteroatoms. The molecule has 1 heterocycles. The lowest BCUT2D eigenvalue weighted by molar-refractivity contribution is 0.0869. The van der Waals surface area contributed by atoms with Crippen LogP contribution in [0, 0.1) is 0 Å². The van der Waals surface area contributed by atoms with Crippen molar-refractivity contribution >= 4 is 28.2 Å². The number of aliphatic hydroxyl groups is 1. The minimum atomic E-state index is -0.203. The van der Waals surface area contributed by atoms with Crippen LogP contribution in [0.15, 0.2) is 0 Å². The van der Waals surface area contributed by atoms with Gasteiger partial charge in [-0.2, -0.15) is 0 Å². The van der Waals surface area contributed by atoms with Gasteiger partial charge in [-0.3, -0.25) is 4.79 Å². The molecule has 1 amide bonds. The van der Waals surface area contributed by atoms with E-state index < -0.39 is 0 Å². The third-order valence-electron chi connectivity index (χ3n) is 2.87. The standard InChI is InChI=1S/C13H24N4O3S/c1-3-17(4-2)13-16-11(14)10(21-13)12(19)15-6-5-8-20-9-7-18/h18H,3-9,14H2,1-2H3,(H,15,19). The number of nitrogens with one attached hydrogen (secondary N) is 1. The number of nitrogens with zero attached hydrogens (tertiary/aromatic N) is 2. The quantitative estimate of drug-likeness (QED) is 0.549. The summed E-state index contributed by atoms with van der Waals surface area (Å²) in [5.74, 6) is 0.0708. The second kappa shape index (κ2) is 9.54. The van der Waals surface area contributed by atoms with Crippen molar-refractivity contribution in [3.63, 3.8) is 0 Å². The zero-order valence-corrected chi connectivity index (χ0v) is 13.4. The monoisotopic (exact) mass is 316 g/mol. The Kier molecular flexibility index (Phi) is 8.03. The molecule has 0 bridgehead atoms. The molecule has 0 spiro atoms. The maximum absolute atomic E-state index is 12.0. The molecule has 0 fully saturated rings. The van der Waals surface area contributed by atoms with Gasteiger partial charge in [0.15, 0.2) is 5.13 Å². The molecule has 120 valence electrons. The van der Waals surface area contributed by atoms with E-state index in [2.05, 4.69) is 15.2 Å². The molecule has 0 radical (unpaired) electrons. The third-order valence-corrected chi connectivity index (χ3v) is 4.00. The Bertz CT molecular complexity index is 435. The molecule has 0 unspecified atom stereocenters. The van der Waals surface area contributed by atoms with Gasteiger partial charge in [-0.25, -0.2) is 4.98 Å². The fourth-order valence-electron chi connectivity index (χ4n) is 1.74. The van der Waals surface area contributed by atoms with Crippen molar-refractivity contribution in [1.82, 2.24) is 10.3 Å². The van der Waals surface area contributed by atoms with E-state index >= 15 is 0 Å². The largest absolute Gasteiger partial charge is 0.394 e. The van der Waals surface area contributed by atoms with Crippen LogP contribution in [0.4, 0.5) is 10.9 Å². The molecule has 0 aromatic carbocycles. The van der Waals surface area contributed by atoms with Crippen LogP contribution in [0.3, 0.4) is 0 Å². The maximum Gasteiger partial charge on any atom is 0.265 e. The summed E-state index contributed by atoms with van der Waals surface area (Å²) in [4.78, 5) is 18.8. The van der Waals surface area contributed by atoms with Gasteiger partial charge < -0.3 is 25.8 Å². The van der Waals surface area contributed by atoms with Gasteiger partial charge in [0.2, 0.25) is 0 Å². The molecule has 1 rings (SSSR count). The topological polar surface area (TPSA) is 101 Å². The minimum Gasteiger partial charge on any atom is -0.394 e. The molecule has 4 N–H and O–H groups in total. The predicted molar refractivity (Wildman–Crippen MR) is 84.9 cm³/mol. The molecular formula is C13H24N4O3S. The Morgan fingerprint density at radius 1 is 1.43 bits per heavy atom. The van der Waals surface area contributed by atoms with Crippen molar-refractivity contribution in [2.24, 2.45) is 0 Å². The molecule has 21 heavy (non-hydrogen) atoms. The van der Waals surface area contributed by atoms with Crippen molar-refractivity contribution in [3.05, 3.63) is 4.88 Å². The number of nitrogens with two attached hydrogens (primary N) is 1. The van der Waals surface area contributed by atoms with E-state index in [1.54, 1.807) is 0 Å². The van der Waals surface area contributed by atoms with Crippen LogP contribution < -0.4 is 16.0 Å². The molecule has 0 saturated heterocycles. The van der Waals surface area contributed by atoms with Crippen LogP contribution in [0.25, 0.3) is 0 Å². The second-order valence-corrected chi connectivity index (χ2v) is 5.31. The van der Waals surface area contributed by atoms with Crippen molar-refractivity contribution in [2.75, 3.05) is 50.1 Å². The number of aromatic nitrogens is 1. The summed E-state index contributed by atoms with van der Waals surface area (Å²) in [6.45, 7) is 7.06. The number of hydrogen-bond donors (Lipinski definition) is 3. The molecule has 0 aliphatic carbocycles. The summed E-state index contributed by atoms with van der Waals surface area (Å²) in [5, 5.41) is 12.1. The summed E-state index contributed by atoms with van der Waals surface area (Å²) in [7, 11) is 0. The molecule has 1 aromatic heterocycles. The summed E-state index contributed by atoms with van der Waals surface area (Å²) in [6.07, 6.45) is 0.688. The predicted octanol–water partition coefficient (Wildman–Crippen LogP) is 0.700. The number of thiazole rings is 1. The van der Waals surface area contributed by atoms with E-state index in [0.29, 0.717) is 31.1 Å². The second-order valence-electron chi connectivity index (χ2n) is 4.33. The lowest BCUT2D eigenvalue weighted by Crippen LogP contribution is -2.25. The Hall–Kier alpha value is -1.38. The van der Waals surface area contributed by atoms with Crippen LogP contribution >= 0.6 is 11.3 Å². The normalized spacial score (nSPS) is 10.6. The van der Waals surface area contributed by atoms with Gasteiger partial charge in [0.1, 0.15) is 10.7 Å². The van der Waals surface area contributed by atoms with Crippen LogP contribution in [-0.2, 0) is 4.74 Å². The zero-order valence-electron chi connectivity index (χ0n) is 12.6. The number of carbonyl (C=O) groups is 1. The van der Waals surface area contributed by atoms with E-state index in [-0.39, 0.29) is 18.3 Å². The highest BCUT2D eigenvalue weighted by molar-refractivity contribution is 7.18. The van der Waals surface area contributed by atoms with Crippen molar-refractivity contribution in [2.45, 2.75) is 20.3 Å². The molecule has 0 atom stereocenters. The van der Waals surface area contributed by atoms with Crippen LogP contribution in [0.5, 0.6) is 0 Å². The number of nitrogen functional groups attached to an aromatic ring is 1. The molecule has 7 nitrogen and oxygen atoms in total. The minimum absolute atomic E-state index is 0.0118. The van der Waals surface area contributed by atoms with Gasteiger partial charge in [0.05, 0.1) is 13.2 Å². The zero-order chi connectivity index (χ0) is 15.7. The van der Waals surface area contributed by atoms with Gasteiger partial charge in [-0.15, -0.1) is 0 Å². The highest BCUT2D eigenvalue weighted by Crippen LogP contribution is 2.27. The number of rotatable bonds is 10. The Morgan fingerprint density at radius 2 is 2.14 bits per heavy atom. The Morgan fingerprint density at radius 3 is 2.76 bits per heavy atom. The number of ether oxygens (including phenoxy) is 1. The number of hydrogen-bond acceptors (Lipinski definition) is 7. The van der Waals surface area contributed by atoms with E-state index in [0.717, 1.165) is 18.2 Å². The van der Waals surface area contributed by atoms with Crippen molar-refractivity contribution in [1.29, 1.82) is 0 Å². The van der Waals surface area contributed by atoms with Crippen LogP contribution in [0.2, 0.25) is 0 Å². The summed E-state index contributed by atoms with van der Waals surface area (Å²) < 4.78 is 5.12. The molecule has 0 aliphatic heterocycles. The number of anilines is 2. The van der Waals surface area contributed by atoms with Crippen LogP contribution in [-0.4, -0.2) is 55.5 Å². The number of amides is 1. The number of aliphatic hydroxyl groups excluding tert-OH is 1. The van der Waals surface area contributed by atoms with Crippen molar-refractivity contribution in [3.8, 4) is 0 Å². The van der Waals surface area contributed by atoms with Gasteiger partial charge >= 0.3 is 0 Å². The first-order valence-electron chi connectivity index (χ1n) is 7.12. The summed E-state index contributed by atoms with van der Waals surface area (Å²) in [6, 6.07) is 0. The first kappa shape index (κ1) is 17.7. The third kappa shape index (κ3) is 5.49. The first-order valence-corrected chi connectivity index (χ1v) is 7.93. The lowest BCUT2D eigenvalue weighted by Gasteiger charge is -2.16. The summed E-state index contributed by atoms with van der Waals surface area (Å²) in [5.41, 5.74) is 5.82. The Balaban J connectivity index is 2.47. The number of carbonyl (C=O) groups excluding carboxylic acids is 1. The van der Waals surface area contributed by atoms with Crippen LogP contribution in [0.1, 0.15) is 29.9 Å². The molecule has 0 aliphatic rings. The molecule has 0 saturated carbocycles. The van der Waals surface area contributed by atoms with Gasteiger partial charge in [-0.05, 0) is 20.3 Å². The fraction of sp³-hybridized carbons (Fsp3) is 0.692. The van der Waals surface area contributed by atoms with Gasteiger partial charge in [0, 0.05) is 26.2 Å².